The van der Waals surface area contributed by atoms with Gasteiger partial charge in [0.15, 0.2) is 0 Å². The number of hydrogen-bond donors (Lipinski definition) is 5. The van der Waals surface area contributed by atoms with Crippen LogP contribution in [-0.4, -0.2) is 66.7 Å². The zero-order valence-electron chi connectivity index (χ0n) is 20.9. The maximum absolute atomic E-state index is 13.1. The quantitative estimate of drug-likeness (QED) is 0.197. The van der Waals surface area contributed by atoms with Crippen molar-refractivity contribution in [3.05, 3.63) is 12.2 Å². The first kappa shape index (κ1) is 28.4. The fraction of sp³-hybridized carbons (Fsp3) is 0.792. The highest BCUT2D eigenvalue weighted by Crippen LogP contribution is 2.39. The molecule has 1 saturated carbocycles. The number of alkyl carbamates (subject to hydrolysis) is 1. The number of aliphatic hydroxyl groups excluding tert-OH is 1. The number of nitrogens with one attached hydrogen (secondary N) is 3. The Morgan fingerprint density at radius 1 is 1.22 bits per heavy atom. The van der Waals surface area contributed by atoms with Crippen LogP contribution in [0.3, 0.4) is 0 Å². The molecule has 1 heterocycles. The minimum Gasteiger partial charge on any atom is -0.449 e. The number of aliphatic hydroxyl groups is 1. The monoisotopic (exact) mass is 529 g/mol. The highest BCUT2D eigenvalue weighted by molar-refractivity contribution is 7.86. The summed E-state index contributed by atoms with van der Waals surface area (Å²) in [6.45, 7) is 4.36. The number of carbonyl (C=O) groups excluding carboxylic acids is 3. The number of allylic oxidation sites excluding steroid dienone is 2. The predicted molar refractivity (Wildman–Crippen MR) is 131 cm³/mol. The SMILES string of the molecule is CC(C)C[C@H](NC(=O)OC[C@@H]1C[C@H]2C=CC[C@H](C2)C1)C(=O)N[C@@H](C[C@@H]1CCNC1=O)[C@H](O)S(=O)(=O)O. The molecule has 204 valence electrons. The van der Waals surface area contributed by atoms with Crippen LogP contribution in [0.15, 0.2) is 12.2 Å². The third kappa shape index (κ3) is 8.17. The molecule has 12 heteroatoms. The van der Waals surface area contributed by atoms with E-state index >= 15 is 0 Å². The second-order valence-corrected chi connectivity index (χ2v) is 12.3. The maximum Gasteiger partial charge on any atom is 0.407 e. The van der Waals surface area contributed by atoms with Gasteiger partial charge in [-0.1, -0.05) is 26.0 Å². The summed E-state index contributed by atoms with van der Waals surface area (Å²) in [6, 6.07) is -2.50. The van der Waals surface area contributed by atoms with Gasteiger partial charge in [0.2, 0.25) is 17.3 Å². The van der Waals surface area contributed by atoms with Crippen LogP contribution in [0.1, 0.15) is 58.8 Å². The normalized spacial score (nSPS) is 28.2. The van der Waals surface area contributed by atoms with Crippen molar-refractivity contribution < 1.29 is 37.2 Å². The van der Waals surface area contributed by atoms with Crippen LogP contribution < -0.4 is 16.0 Å². The van der Waals surface area contributed by atoms with E-state index in [0.29, 0.717) is 24.8 Å². The molecule has 0 spiro atoms. The minimum absolute atomic E-state index is 0.00360. The number of fused-ring (bicyclic) bond motifs is 2. The first-order valence-corrected chi connectivity index (χ1v) is 14.2. The zero-order chi connectivity index (χ0) is 26.5. The van der Waals surface area contributed by atoms with Gasteiger partial charge >= 0.3 is 6.09 Å². The molecule has 3 aliphatic rings. The Labute approximate surface area is 212 Å². The summed E-state index contributed by atoms with van der Waals surface area (Å²) < 4.78 is 38.0. The van der Waals surface area contributed by atoms with E-state index in [1.165, 1.54) is 6.42 Å². The molecule has 0 aromatic carbocycles. The van der Waals surface area contributed by atoms with E-state index in [0.717, 1.165) is 19.3 Å². The van der Waals surface area contributed by atoms with E-state index in [1.807, 2.05) is 13.8 Å². The molecule has 1 saturated heterocycles. The Morgan fingerprint density at radius 2 is 1.97 bits per heavy atom. The highest BCUT2D eigenvalue weighted by atomic mass is 32.2. The number of amides is 3. The van der Waals surface area contributed by atoms with Crippen molar-refractivity contribution >= 4 is 28.0 Å². The lowest BCUT2D eigenvalue weighted by Crippen LogP contribution is -2.55. The second-order valence-electron chi connectivity index (χ2n) is 10.8. The van der Waals surface area contributed by atoms with Gasteiger partial charge in [0.25, 0.3) is 10.1 Å². The molecule has 2 bridgehead atoms. The standard InChI is InChI=1S/C24H39N3O8S/c1-14(2)8-19(27-24(31)35-13-17-10-15-4-3-5-16(9-15)11-17)22(29)26-20(23(30)36(32,33)34)12-18-6-7-25-21(18)28/h3-4,14-20,23,30H,5-13H2,1-2H3,(H,25,28)(H,26,29)(H,27,31)(H,32,33,34)/t15-,16+,17+,18-,19-,20-,23+/m0/s1. The smallest absolute Gasteiger partial charge is 0.407 e. The molecule has 0 radical (unpaired) electrons. The summed E-state index contributed by atoms with van der Waals surface area (Å²) in [7, 11) is -4.91. The van der Waals surface area contributed by atoms with Crippen LogP contribution in [-0.2, 0) is 24.4 Å². The molecule has 0 aromatic heterocycles. The van der Waals surface area contributed by atoms with E-state index in [1.54, 1.807) is 0 Å². The molecule has 3 rings (SSSR count). The van der Waals surface area contributed by atoms with Crippen LogP contribution in [0.2, 0.25) is 0 Å². The Hall–Kier alpha value is -2.18. The van der Waals surface area contributed by atoms with Gasteiger partial charge in [0.1, 0.15) is 6.04 Å². The van der Waals surface area contributed by atoms with Crippen LogP contribution in [0.25, 0.3) is 0 Å². The van der Waals surface area contributed by atoms with Gasteiger partial charge in [-0.15, -0.1) is 0 Å². The van der Waals surface area contributed by atoms with Crippen molar-refractivity contribution in [1.82, 2.24) is 16.0 Å². The van der Waals surface area contributed by atoms with E-state index in [4.69, 9.17) is 4.74 Å². The summed E-state index contributed by atoms with van der Waals surface area (Å²) >= 11 is 0. The lowest BCUT2D eigenvalue weighted by molar-refractivity contribution is -0.126. The summed E-state index contributed by atoms with van der Waals surface area (Å²) in [5.41, 5.74) is -2.32. The Balaban J connectivity index is 1.60. The van der Waals surface area contributed by atoms with Crippen molar-refractivity contribution in [3.63, 3.8) is 0 Å². The van der Waals surface area contributed by atoms with Gasteiger partial charge in [-0.3, -0.25) is 14.1 Å². The van der Waals surface area contributed by atoms with Crippen LogP contribution >= 0.6 is 0 Å². The molecule has 2 fully saturated rings. The van der Waals surface area contributed by atoms with E-state index in [-0.39, 0.29) is 37.2 Å². The second kappa shape index (κ2) is 12.4. The van der Waals surface area contributed by atoms with Gasteiger partial charge in [-0.2, -0.15) is 8.42 Å². The molecule has 11 nitrogen and oxygen atoms in total. The zero-order valence-corrected chi connectivity index (χ0v) is 21.7. The molecular formula is C24H39N3O8S. The van der Waals surface area contributed by atoms with Crippen LogP contribution in [0.5, 0.6) is 0 Å². The van der Waals surface area contributed by atoms with Crippen molar-refractivity contribution in [2.24, 2.45) is 29.6 Å². The number of hydrogen-bond acceptors (Lipinski definition) is 7. The average molecular weight is 530 g/mol. The molecule has 0 aromatic rings. The van der Waals surface area contributed by atoms with Crippen molar-refractivity contribution in [2.45, 2.75) is 76.3 Å². The largest absolute Gasteiger partial charge is 0.449 e. The molecule has 5 N–H and O–H groups in total. The van der Waals surface area contributed by atoms with E-state index in [2.05, 4.69) is 28.1 Å². The molecule has 2 aliphatic carbocycles. The number of rotatable bonds is 11. The summed E-state index contributed by atoms with van der Waals surface area (Å²) in [5, 5.41) is 17.8. The summed E-state index contributed by atoms with van der Waals surface area (Å²) in [6.07, 6.45) is 8.35. The van der Waals surface area contributed by atoms with E-state index in [9.17, 15) is 32.5 Å². The lowest BCUT2D eigenvalue weighted by Gasteiger charge is -2.35. The minimum atomic E-state index is -4.91. The molecule has 36 heavy (non-hydrogen) atoms. The molecular weight excluding hydrogens is 490 g/mol. The molecule has 7 atom stereocenters. The van der Waals surface area contributed by atoms with Crippen molar-refractivity contribution in [2.75, 3.05) is 13.2 Å². The summed E-state index contributed by atoms with van der Waals surface area (Å²) in [4.78, 5) is 37.6. The first-order valence-electron chi connectivity index (χ1n) is 12.7. The number of carbonyl (C=O) groups is 3. The predicted octanol–water partition coefficient (Wildman–Crippen LogP) is 1.34. The Morgan fingerprint density at radius 3 is 2.58 bits per heavy atom. The molecule has 1 aliphatic heterocycles. The fourth-order valence-electron chi connectivity index (χ4n) is 5.56. The first-order chi connectivity index (χ1) is 16.9. The third-order valence-electron chi connectivity index (χ3n) is 7.26. The fourth-order valence-corrected chi connectivity index (χ4v) is 6.15. The Kier molecular flexibility index (Phi) is 9.76. The lowest BCUT2D eigenvalue weighted by atomic mass is 9.71. The van der Waals surface area contributed by atoms with E-state index < -0.39 is 45.6 Å². The molecule has 0 unspecified atom stereocenters. The topological polar surface area (TPSA) is 171 Å². The van der Waals surface area contributed by atoms with Crippen molar-refractivity contribution in [1.29, 1.82) is 0 Å². The van der Waals surface area contributed by atoms with Gasteiger partial charge in [-0.25, -0.2) is 4.79 Å². The van der Waals surface area contributed by atoms with Crippen LogP contribution in [0, 0.1) is 29.6 Å². The van der Waals surface area contributed by atoms with Gasteiger partial charge in [0.05, 0.1) is 12.6 Å². The van der Waals surface area contributed by atoms with Gasteiger partial charge in [0, 0.05) is 12.5 Å². The van der Waals surface area contributed by atoms with Gasteiger partial charge < -0.3 is 25.8 Å². The van der Waals surface area contributed by atoms with Gasteiger partial charge in [-0.05, 0) is 68.6 Å². The maximum atomic E-state index is 13.1. The summed E-state index contributed by atoms with van der Waals surface area (Å²) in [5.74, 6) is -0.300. The Bertz CT molecular complexity index is 938. The number of ether oxygens (including phenoxy) is 1. The average Bonchev–Trinajstić information content (AvgIpc) is 3.19. The van der Waals surface area contributed by atoms with Crippen LogP contribution in [0.4, 0.5) is 4.79 Å². The third-order valence-corrected chi connectivity index (χ3v) is 8.20. The molecule has 3 amide bonds. The highest BCUT2D eigenvalue weighted by Gasteiger charge is 2.38. The van der Waals surface area contributed by atoms with Crippen molar-refractivity contribution in [3.8, 4) is 0 Å².